The van der Waals surface area contributed by atoms with E-state index in [1.165, 1.54) is 14.2 Å². The minimum atomic E-state index is -1.13. The number of aromatic nitrogens is 6. The van der Waals surface area contributed by atoms with E-state index in [0.29, 0.717) is 24.7 Å². The Labute approximate surface area is 336 Å². The second kappa shape index (κ2) is 16.6. The molecule has 0 unspecified atom stereocenters. The number of alkyl carbamates (subject to hydrolysis) is 1. The van der Waals surface area contributed by atoms with Gasteiger partial charge in [0.15, 0.2) is 0 Å². The Balaban J connectivity index is 1.03. The number of nitrogens with one attached hydrogen (secondary N) is 3. The number of aromatic amines is 2. The van der Waals surface area contributed by atoms with Crippen molar-refractivity contribution in [1.29, 1.82) is 0 Å². The number of rotatable bonds is 11. The molecule has 4 amide bonds. The van der Waals surface area contributed by atoms with Crippen molar-refractivity contribution in [2.24, 2.45) is 11.8 Å². The number of ether oxygens (including phenoxy) is 1. The lowest BCUT2D eigenvalue weighted by atomic mass is 10.0. The summed E-state index contributed by atoms with van der Waals surface area (Å²) >= 11 is 0. The zero-order chi connectivity index (χ0) is 41.2. The molecule has 0 saturated carbocycles. The highest BCUT2D eigenvalue weighted by Gasteiger charge is 2.40. The molecule has 4 atom stereocenters. The van der Waals surface area contributed by atoms with Crippen molar-refractivity contribution >= 4 is 35.0 Å². The van der Waals surface area contributed by atoms with Gasteiger partial charge < -0.3 is 34.9 Å². The summed E-state index contributed by atoms with van der Waals surface area (Å²) in [5, 5.41) is 12.3. The van der Waals surface area contributed by atoms with Crippen LogP contribution in [-0.4, -0.2) is 113 Å². The van der Waals surface area contributed by atoms with Crippen molar-refractivity contribution in [3.8, 4) is 33.8 Å². The first kappa shape index (κ1) is 39.9. The van der Waals surface area contributed by atoms with Crippen LogP contribution in [-0.2, 0) is 14.3 Å². The molecule has 0 aliphatic carbocycles. The number of carboxylic acid groups (broad SMARTS) is 1. The number of fused-ring (bicyclic) bond motifs is 1. The number of hydrogen-bond donors (Lipinski definition) is 4. The highest BCUT2D eigenvalue weighted by atomic mass is 16.5. The maximum Gasteiger partial charge on any atom is 0.407 e. The summed E-state index contributed by atoms with van der Waals surface area (Å²) in [6.07, 6.45) is 6.65. The molecule has 5 heterocycles. The molecule has 7 rings (SSSR count). The fraction of sp³-hybridized carbons (Fsp3) is 0.429. The molecule has 16 heteroatoms. The van der Waals surface area contributed by atoms with Gasteiger partial charge in [0.1, 0.15) is 23.7 Å². The average molecular weight is 791 g/mol. The standard InChI is InChI=1S/C42H50N10O6/c1-23(2)35(49-41(55)58-6)39(53)51-17-7-9-33(51)37-45-22-32(48-37)27-15-16-28-29(19-27)43-20-30(46-28)25-11-13-26(14-12-25)31-21-44-38(47-31)34-10-8-18-52(34)40(54)36(24(3)4)50(5)42(56)57/h11-16,19-24,33-36H,7-10,17-18H2,1-6H3,(H,44,47)(H,45,48)(H,49,55)(H,56,57)/t33-,34-,35+,36-/m0/s1. The van der Waals surface area contributed by atoms with Crippen LogP contribution in [0, 0.1) is 11.8 Å². The minimum absolute atomic E-state index is 0.120. The fourth-order valence-electron chi connectivity index (χ4n) is 8.14. The molecule has 2 aliphatic rings. The first-order valence-electron chi connectivity index (χ1n) is 19.7. The molecule has 3 aromatic heterocycles. The molecule has 2 aromatic carbocycles. The van der Waals surface area contributed by atoms with Crippen LogP contribution in [0.4, 0.5) is 9.59 Å². The Bertz CT molecular complexity index is 2300. The molecule has 0 radical (unpaired) electrons. The van der Waals surface area contributed by atoms with Gasteiger partial charge in [-0.15, -0.1) is 0 Å². The first-order chi connectivity index (χ1) is 27.8. The van der Waals surface area contributed by atoms with Crippen molar-refractivity contribution in [3.05, 3.63) is 72.7 Å². The van der Waals surface area contributed by atoms with Gasteiger partial charge in [-0.1, -0.05) is 58.0 Å². The summed E-state index contributed by atoms with van der Waals surface area (Å²) in [4.78, 5) is 81.3. The van der Waals surface area contributed by atoms with Gasteiger partial charge in [-0.25, -0.2) is 24.5 Å². The van der Waals surface area contributed by atoms with Crippen LogP contribution in [0.15, 0.2) is 61.1 Å². The Morgan fingerprint density at radius 3 is 1.91 bits per heavy atom. The molecule has 2 aliphatic heterocycles. The molecular formula is C42H50N10O6. The largest absolute Gasteiger partial charge is 0.465 e. The quantitative estimate of drug-likeness (QED) is 0.116. The number of benzene rings is 2. The normalized spacial score (nSPS) is 17.9. The highest BCUT2D eigenvalue weighted by molar-refractivity contribution is 5.87. The van der Waals surface area contributed by atoms with E-state index in [4.69, 9.17) is 14.7 Å². The predicted molar refractivity (Wildman–Crippen MR) is 216 cm³/mol. The van der Waals surface area contributed by atoms with Gasteiger partial charge in [-0.3, -0.25) is 19.5 Å². The number of hydrogen-bond acceptors (Lipinski definition) is 9. The summed E-state index contributed by atoms with van der Waals surface area (Å²) in [6.45, 7) is 8.61. The first-order valence-corrected chi connectivity index (χ1v) is 19.7. The third-order valence-electron chi connectivity index (χ3n) is 11.2. The molecule has 0 spiro atoms. The Hall–Kier alpha value is -6.32. The van der Waals surface area contributed by atoms with Gasteiger partial charge in [0.05, 0.1) is 65.9 Å². The Kier molecular flexibility index (Phi) is 11.5. The van der Waals surface area contributed by atoms with Crippen LogP contribution in [0.2, 0.25) is 0 Å². The van der Waals surface area contributed by atoms with Gasteiger partial charge in [-0.2, -0.15) is 0 Å². The number of imidazole rings is 2. The van der Waals surface area contributed by atoms with Crippen LogP contribution in [0.3, 0.4) is 0 Å². The summed E-state index contributed by atoms with van der Waals surface area (Å²) < 4.78 is 4.75. The molecule has 5 aromatic rings. The molecule has 2 saturated heterocycles. The molecule has 16 nitrogen and oxygen atoms in total. The SMILES string of the molecule is COC(=O)N[C@@H](C(=O)N1CCC[C@H]1c1ncc(-c2ccc3nc(-c4ccc(-c5cnc([C@@H]6CCCN6C(=O)[C@H](C(C)C)N(C)C(=O)O)[nH]5)cc4)cnc3c2)[nH]1)C(C)C. The number of carbonyl (C=O) groups excluding carboxylic acids is 3. The number of carbonyl (C=O) groups is 4. The smallest absolute Gasteiger partial charge is 0.407 e. The maximum atomic E-state index is 13.6. The Morgan fingerprint density at radius 1 is 0.776 bits per heavy atom. The number of nitrogens with zero attached hydrogens (tertiary/aromatic N) is 7. The second-order valence-corrected chi connectivity index (χ2v) is 15.7. The molecule has 58 heavy (non-hydrogen) atoms. The molecule has 2 fully saturated rings. The summed E-state index contributed by atoms with van der Waals surface area (Å²) in [5.41, 5.74) is 6.49. The number of amides is 4. The van der Waals surface area contributed by atoms with E-state index >= 15 is 0 Å². The third kappa shape index (κ3) is 7.95. The predicted octanol–water partition coefficient (Wildman–Crippen LogP) is 6.42. The van der Waals surface area contributed by atoms with Crippen molar-refractivity contribution in [3.63, 3.8) is 0 Å². The van der Waals surface area contributed by atoms with Gasteiger partial charge in [0.25, 0.3) is 0 Å². The molecule has 4 N–H and O–H groups in total. The summed E-state index contributed by atoms with van der Waals surface area (Å²) in [5.74, 6) is 0.700. The van der Waals surface area contributed by atoms with Crippen molar-refractivity contribution in [2.45, 2.75) is 77.5 Å². The van der Waals surface area contributed by atoms with Crippen molar-refractivity contribution < 1.29 is 29.0 Å². The van der Waals surface area contributed by atoms with Gasteiger partial charge in [0, 0.05) is 31.3 Å². The van der Waals surface area contributed by atoms with E-state index in [2.05, 4.69) is 25.3 Å². The summed E-state index contributed by atoms with van der Waals surface area (Å²) in [6, 6.07) is 11.8. The maximum absolute atomic E-state index is 13.6. The van der Waals surface area contributed by atoms with E-state index in [0.717, 1.165) is 75.4 Å². The van der Waals surface area contributed by atoms with Gasteiger partial charge >= 0.3 is 12.2 Å². The lowest BCUT2D eigenvalue weighted by molar-refractivity contribution is -0.138. The minimum Gasteiger partial charge on any atom is -0.465 e. The third-order valence-corrected chi connectivity index (χ3v) is 11.2. The van der Waals surface area contributed by atoms with E-state index in [-0.39, 0.29) is 35.7 Å². The van der Waals surface area contributed by atoms with Crippen LogP contribution in [0.1, 0.15) is 77.1 Å². The van der Waals surface area contributed by atoms with Gasteiger partial charge in [-0.05, 0) is 55.2 Å². The lowest BCUT2D eigenvalue weighted by Crippen LogP contribution is -2.51. The topological polar surface area (TPSA) is 203 Å². The van der Waals surface area contributed by atoms with E-state index in [1.54, 1.807) is 28.4 Å². The van der Waals surface area contributed by atoms with Gasteiger partial charge in [0.2, 0.25) is 11.8 Å². The molecule has 304 valence electrons. The summed E-state index contributed by atoms with van der Waals surface area (Å²) in [7, 11) is 2.72. The molecular weight excluding hydrogens is 741 g/mol. The fourth-order valence-corrected chi connectivity index (χ4v) is 8.14. The van der Waals surface area contributed by atoms with Crippen LogP contribution < -0.4 is 5.32 Å². The highest BCUT2D eigenvalue weighted by Crippen LogP contribution is 2.35. The number of likely N-dealkylation sites (N-methyl/N-ethyl adjacent to an activating group) is 1. The number of likely N-dealkylation sites (tertiary alicyclic amines) is 2. The van der Waals surface area contributed by atoms with E-state index in [9.17, 15) is 24.3 Å². The number of methoxy groups -OCH3 is 1. The molecule has 0 bridgehead atoms. The van der Waals surface area contributed by atoms with Crippen molar-refractivity contribution in [2.75, 3.05) is 27.2 Å². The zero-order valence-electron chi connectivity index (χ0n) is 33.6. The number of H-pyrrole nitrogens is 2. The monoisotopic (exact) mass is 790 g/mol. The Morgan fingerprint density at radius 2 is 1.34 bits per heavy atom. The zero-order valence-corrected chi connectivity index (χ0v) is 33.6. The average Bonchev–Trinajstić information content (AvgIpc) is 4.06. The van der Waals surface area contributed by atoms with Crippen LogP contribution in [0.5, 0.6) is 0 Å². The van der Waals surface area contributed by atoms with E-state index < -0.39 is 24.3 Å². The van der Waals surface area contributed by atoms with Crippen LogP contribution >= 0.6 is 0 Å². The van der Waals surface area contributed by atoms with E-state index in [1.807, 2.05) is 70.2 Å². The van der Waals surface area contributed by atoms with Crippen molar-refractivity contribution in [1.82, 2.24) is 49.9 Å². The van der Waals surface area contributed by atoms with Crippen LogP contribution in [0.25, 0.3) is 44.8 Å². The lowest BCUT2D eigenvalue weighted by Gasteiger charge is -2.33. The second-order valence-electron chi connectivity index (χ2n) is 15.7.